The third-order valence-electron chi connectivity index (χ3n) is 3.62. The number of carbonyl (C=O) groups excluding carboxylic acids is 1. The Balaban J connectivity index is 1.97. The van der Waals surface area contributed by atoms with Gasteiger partial charge < -0.3 is 10.2 Å². The number of amides is 2. The first kappa shape index (κ1) is 14.3. The number of nitrogens with zero attached hydrogens (tertiary/aromatic N) is 1. The summed E-state index contributed by atoms with van der Waals surface area (Å²) in [6.07, 6.45) is 9.97. The second kappa shape index (κ2) is 8.37. The van der Waals surface area contributed by atoms with E-state index in [2.05, 4.69) is 19.2 Å². The highest BCUT2D eigenvalue weighted by molar-refractivity contribution is 5.74. The number of rotatable bonds is 7. The third-order valence-corrected chi connectivity index (χ3v) is 3.62. The zero-order valence-electron chi connectivity index (χ0n) is 11.5. The lowest BCUT2D eigenvalue weighted by Crippen LogP contribution is -2.41. The molecule has 0 aromatic carbocycles. The first-order valence-corrected chi connectivity index (χ1v) is 7.30. The van der Waals surface area contributed by atoms with Crippen LogP contribution in [0.15, 0.2) is 0 Å². The van der Waals surface area contributed by atoms with Crippen LogP contribution in [0.25, 0.3) is 0 Å². The minimum absolute atomic E-state index is 0.142. The minimum Gasteiger partial charge on any atom is -0.338 e. The van der Waals surface area contributed by atoms with E-state index in [4.69, 9.17) is 0 Å². The number of unbranched alkanes of at least 4 members (excludes halogenated alkanes) is 5. The predicted octanol–water partition coefficient (Wildman–Crippen LogP) is 3.54. The van der Waals surface area contributed by atoms with Gasteiger partial charge in [0, 0.05) is 19.1 Å². The Bertz CT molecular complexity index is 218. The molecule has 100 valence electrons. The van der Waals surface area contributed by atoms with E-state index in [1.165, 1.54) is 32.1 Å². The van der Waals surface area contributed by atoms with Gasteiger partial charge in [-0.25, -0.2) is 4.79 Å². The standard InChI is InChI=1S/C14H28N2O/c1-3-4-5-6-7-8-11-15-14(17)16-12-9-10-13(16)2/h13H,3-12H2,1-2H3,(H,15,17)/t13-/m1/s1. The van der Waals surface area contributed by atoms with Crippen LogP contribution in [-0.4, -0.2) is 30.1 Å². The molecular weight excluding hydrogens is 212 g/mol. The van der Waals surface area contributed by atoms with Crippen LogP contribution < -0.4 is 5.32 Å². The van der Waals surface area contributed by atoms with Crippen molar-refractivity contribution in [1.29, 1.82) is 0 Å². The molecule has 0 aliphatic carbocycles. The number of likely N-dealkylation sites (tertiary alicyclic amines) is 1. The monoisotopic (exact) mass is 240 g/mol. The highest BCUT2D eigenvalue weighted by atomic mass is 16.2. The van der Waals surface area contributed by atoms with Crippen LogP contribution in [-0.2, 0) is 0 Å². The molecule has 3 nitrogen and oxygen atoms in total. The molecule has 1 aliphatic heterocycles. The van der Waals surface area contributed by atoms with E-state index in [0.29, 0.717) is 6.04 Å². The zero-order chi connectivity index (χ0) is 12.5. The molecule has 0 spiro atoms. The lowest BCUT2D eigenvalue weighted by atomic mass is 10.1. The van der Waals surface area contributed by atoms with E-state index in [-0.39, 0.29) is 6.03 Å². The summed E-state index contributed by atoms with van der Waals surface area (Å²) < 4.78 is 0. The lowest BCUT2D eigenvalue weighted by molar-refractivity contribution is 0.196. The molecule has 1 rings (SSSR count). The predicted molar refractivity (Wildman–Crippen MR) is 72.2 cm³/mol. The molecule has 0 radical (unpaired) electrons. The lowest BCUT2D eigenvalue weighted by Gasteiger charge is -2.21. The Morgan fingerprint density at radius 1 is 1.24 bits per heavy atom. The summed E-state index contributed by atoms with van der Waals surface area (Å²) in [5.74, 6) is 0. The van der Waals surface area contributed by atoms with Gasteiger partial charge in [-0.15, -0.1) is 0 Å². The van der Waals surface area contributed by atoms with Gasteiger partial charge >= 0.3 is 6.03 Å². The summed E-state index contributed by atoms with van der Waals surface area (Å²) in [7, 11) is 0. The van der Waals surface area contributed by atoms with Gasteiger partial charge in [0.1, 0.15) is 0 Å². The highest BCUT2D eigenvalue weighted by Gasteiger charge is 2.24. The Hall–Kier alpha value is -0.730. The maximum atomic E-state index is 11.8. The Morgan fingerprint density at radius 2 is 1.94 bits per heavy atom. The zero-order valence-corrected chi connectivity index (χ0v) is 11.5. The molecule has 0 bridgehead atoms. The average Bonchev–Trinajstić information content (AvgIpc) is 2.74. The van der Waals surface area contributed by atoms with Crippen LogP contribution in [0, 0.1) is 0 Å². The summed E-state index contributed by atoms with van der Waals surface area (Å²) in [6.45, 7) is 6.15. The molecule has 0 aromatic heterocycles. The van der Waals surface area contributed by atoms with E-state index >= 15 is 0 Å². The molecule has 2 amide bonds. The topological polar surface area (TPSA) is 32.3 Å². The maximum absolute atomic E-state index is 11.8. The number of hydrogen-bond acceptors (Lipinski definition) is 1. The van der Waals surface area contributed by atoms with Gasteiger partial charge in [0.15, 0.2) is 0 Å². The van der Waals surface area contributed by atoms with Gasteiger partial charge in [-0.3, -0.25) is 0 Å². The van der Waals surface area contributed by atoms with E-state index in [0.717, 1.165) is 32.4 Å². The van der Waals surface area contributed by atoms with Crippen LogP contribution in [0.3, 0.4) is 0 Å². The molecule has 0 aromatic rings. The number of hydrogen-bond donors (Lipinski definition) is 1. The van der Waals surface area contributed by atoms with Crippen LogP contribution in [0.2, 0.25) is 0 Å². The average molecular weight is 240 g/mol. The first-order valence-electron chi connectivity index (χ1n) is 7.30. The second-order valence-electron chi connectivity index (χ2n) is 5.18. The molecule has 1 fully saturated rings. The summed E-state index contributed by atoms with van der Waals surface area (Å²) in [5, 5.41) is 3.03. The molecule has 0 unspecified atom stereocenters. The van der Waals surface area contributed by atoms with Gasteiger partial charge in [-0.1, -0.05) is 39.0 Å². The second-order valence-corrected chi connectivity index (χ2v) is 5.18. The molecule has 17 heavy (non-hydrogen) atoms. The van der Waals surface area contributed by atoms with Crippen molar-refractivity contribution < 1.29 is 4.79 Å². The number of nitrogens with one attached hydrogen (secondary N) is 1. The van der Waals surface area contributed by atoms with Gasteiger partial charge in [-0.05, 0) is 26.2 Å². The number of urea groups is 1. The van der Waals surface area contributed by atoms with Crippen molar-refractivity contribution in [2.75, 3.05) is 13.1 Å². The van der Waals surface area contributed by atoms with Crippen molar-refractivity contribution in [1.82, 2.24) is 10.2 Å². The van der Waals surface area contributed by atoms with Gasteiger partial charge in [-0.2, -0.15) is 0 Å². The van der Waals surface area contributed by atoms with Gasteiger partial charge in [0.25, 0.3) is 0 Å². The number of carbonyl (C=O) groups is 1. The minimum atomic E-state index is 0.142. The largest absolute Gasteiger partial charge is 0.338 e. The molecule has 1 atom stereocenters. The molecule has 0 saturated carbocycles. The van der Waals surface area contributed by atoms with Crippen molar-refractivity contribution in [3.8, 4) is 0 Å². The van der Waals surface area contributed by atoms with Gasteiger partial charge in [0.05, 0.1) is 0 Å². The fourth-order valence-corrected chi connectivity index (χ4v) is 2.44. The maximum Gasteiger partial charge on any atom is 0.317 e. The fraction of sp³-hybridized carbons (Fsp3) is 0.929. The van der Waals surface area contributed by atoms with Crippen LogP contribution in [0.5, 0.6) is 0 Å². The Morgan fingerprint density at radius 3 is 2.59 bits per heavy atom. The van der Waals surface area contributed by atoms with E-state index in [9.17, 15) is 4.79 Å². The molecule has 1 N–H and O–H groups in total. The molecule has 3 heteroatoms. The van der Waals surface area contributed by atoms with E-state index in [1.54, 1.807) is 0 Å². The molecular formula is C14H28N2O. The first-order chi connectivity index (χ1) is 8.25. The van der Waals surface area contributed by atoms with Crippen molar-refractivity contribution in [3.05, 3.63) is 0 Å². The van der Waals surface area contributed by atoms with E-state index in [1.807, 2.05) is 4.90 Å². The van der Waals surface area contributed by atoms with Crippen molar-refractivity contribution in [2.24, 2.45) is 0 Å². The molecule has 1 aliphatic rings. The molecule has 1 saturated heterocycles. The smallest absolute Gasteiger partial charge is 0.317 e. The van der Waals surface area contributed by atoms with Crippen molar-refractivity contribution in [2.45, 2.75) is 71.3 Å². The normalized spacial score (nSPS) is 19.6. The third kappa shape index (κ3) is 5.42. The van der Waals surface area contributed by atoms with E-state index < -0.39 is 0 Å². The Kier molecular flexibility index (Phi) is 7.06. The van der Waals surface area contributed by atoms with Crippen LogP contribution in [0.1, 0.15) is 65.2 Å². The quantitative estimate of drug-likeness (QED) is 0.678. The Labute approximate surface area is 106 Å². The van der Waals surface area contributed by atoms with Crippen LogP contribution in [0.4, 0.5) is 4.79 Å². The fourth-order valence-electron chi connectivity index (χ4n) is 2.44. The van der Waals surface area contributed by atoms with Crippen molar-refractivity contribution in [3.63, 3.8) is 0 Å². The summed E-state index contributed by atoms with van der Waals surface area (Å²) >= 11 is 0. The highest BCUT2D eigenvalue weighted by Crippen LogP contribution is 2.15. The SMILES string of the molecule is CCCCCCCCNC(=O)N1CCC[C@H]1C. The molecule has 1 heterocycles. The van der Waals surface area contributed by atoms with Gasteiger partial charge in [0.2, 0.25) is 0 Å². The summed E-state index contributed by atoms with van der Waals surface area (Å²) in [4.78, 5) is 13.8. The van der Waals surface area contributed by atoms with Crippen LogP contribution >= 0.6 is 0 Å². The summed E-state index contributed by atoms with van der Waals surface area (Å²) in [5.41, 5.74) is 0. The summed E-state index contributed by atoms with van der Waals surface area (Å²) in [6, 6.07) is 0.572. The van der Waals surface area contributed by atoms with Crippen molar-refractivity contribution >= 4 is 6.03 Å².